The first kappa shape index (κ1) is 16.7. The zero-order valence-electron chi connectivity index (χ0n) is 13.6. The SMILES string of the molecule is CCn1nc(C)c(CN(C)C(=O)Cc2ccc(Br)cc2)c1C. The second kappa shape index (κ2) is 7.09. The van der Waals surface area contributed by atoms with Crippen LogP contribution in [-0.4, -0.2) is 27.6 Å². The number of amides is 1. The van der Waals surface area contributed by atoms with Crippen LogP contribution in [-0.2, 0) is 24.3 Å². The zero-order valence-corrected chi connectivity index (χ0v) is 15.1. The van der Waals surface area contributed by atoms with E-state index in [9.17, 15) is 4.79 Å². The lowest BCUT2D eigenvalue weighted by Crippen LogP contribution is -2.28. The fourth-order valence-corrected chi connectivity index (χ4v) is 2.77. The minimum Gasteiger partial charge on any atom is -0.341 e. The molecule has 0 saturated carbocycles. The van der Waals surface area contributed by atoms with Gasteiger partial charge < -0.3 is 4.90 Å². The highest BCUT2D eigenvalue weighted by atomic mass is 79.9. The van der Waals surface area contributed by atoms with Crippen molar-refractivity contribution in [2.75, 3.05) is 7.05 Å². The van der Waals surface area contributed by atoms with Gasteiger partial charge in [0.2, 0.25) is 5.91 Å². The van der Waals surface area contributed by atoms with Gasteiger partial charge in [0.1, 0.15) is 0 Å². The summed E-state index contributed by atoms with van der Waals surface area (Å²) in [7, 11) is 1.85. The maximum absolute atomic E-state index is 12.4. The third kappa shape index (κ3) is 3.77. The Bertz CT molecular complexity index is 661. The standard InChI is InChI=1S/C17H22BrN3O/c1-5-21-13(3)16(12(2)19-21)11-20(4)17(22)10-14-6-8-15(18)9-7-14/h6-9H,5,10-11H2,1-4H3. The Kier molecular flexibility index (Phi) is 5.40. The molecule has 1 aromatic heterocycles. The average Bonchev–Trinajstić information content (AvgIpc) is 2.76. The molecule has 2 rings (SSSR count). The number of carbonyl (C=O) groups excluding carboxylic acids is 1. The van der Waals surface area contributed by atoms with E-state index in [1.54, 1.807) is 4.90 Å². The molecule has 22 heavy (non-hydrogen) atoms. The van der Waals surface area contributed by atoms with E-state index in [4.69, 9.17) is 0 Å². The number of aromatic nitrogens is 2. The molecule has 0 saturated heterocycles. The molecule has 0 aliphatic carbocycles. The van der Waals surface area contributed by atoms with Gasteiger partial charge in [0.25, 0.3) is 0 Å². The molecule has 5 heteroatoms. The van der Waals surface area contributed by atoms with Gasteiger partial charge in [0, 0.05) is 35.9 Å². The highest BCUT2D eigenvalue weighted by Gasteiger charge is 2.16. The van der Waals surface area contributed by atoms with Gasteiger partial charge in [-0.1, -0.05) is 28.1 Å². The first-order valence-electron chi connectivity index (χ1n) is 7.43. The molecule has 1 amide bonds. The van der Waals surface area contributed by atoms with Crippen molar-refractivity contribution in [2.24, 2.45) is 0 Å². The van der Waals surface area contributed by atoms with Crippen LogP contribution in [0.3, 0.4) is 0 Å². The molecule has 2 aromatic rings. The Morgan fingerprint density at radius 2 is 1.91 bits per heavy atom. The Balaban J connectivity index is 2.05. The molecule has 0 spiro atoms. The number of likely N-dealkylation sites (N-methyl/N-ethyl adjacent to an activating group) is 1. The minimum absolute atomic E-state index is 0.116. The van der Waals surface area contributed by atoms with Crippen LogP contribution in [0.25, 0.3) is 0 Å². The van der Waals surface area contributed by atoms with Crippen molar-refractivity contribution in [3.63, 3.8) is 0 Å². The van der Waals surface area contributed by atoms with E-state index in [-0.39, 0.29) is 5.91 Å². The largest absolute Gasteiger partial charge is 0.341 e. The predicted octanol–water partition coefficient (Wildman–Crippen LogP) is 3.48. The quantitative estimate of drug-likeness (QED) is 0.815. The summed E-state index contributed by atoms with van der Waals surface area (Å²) in [6.45, 7) is 7.59. The minimum atomic E-state index is 0.116. The van der Waals surface area contributed by atoms with Gasteiger partial charge in [0.15, 0.2) is 0 Å². The molecule has 1 heterocycles. The molecular weight excluding hydrogens is 342 g/mol. The normalized spacial score (nSPS) is 10.8. The molecule has 0 aliphatic rings. The summed E-state index contributed by atoms with van der Waals surface area (Å²) in [6, 6.07) is 7.87. The average molecular weight is 364 g/mol. The molecule has 0 bridgehead atoms. The fourth-order valence-electron chi connectivity index (χ4n) is 2.51. The van der Waals surface area contributed by atoms with Crippen molar-refractivity contribution >= 4 is 21.8 Å². The number of aryl methyl sites for hydroxylation is 2. The number of nitrogens with zero attached hydrogens (tertiary/aromatic N) is 3. The fraction of sp³-hybridized carbons (Fsp3) is 0.412. The van der Waals surface area contributed by atoms with E-state index in [1.165, 1.54) is 0 Å². The van der Waals surface area contributed by atoms with Crippen LogP contribution in [0.1, 0.15) is 29.4 Å². The van der Waals surface area contributed by atoms with Crippen molar-refractivity contribution < 1.29 is 4.79 Å². The van der Waals surface area contributed by atoms with Gasteiger partial charge in [-0.2, -0.15) is 5.10 Å². The maximum Gasteiger partial charge on any atom is 0.227 e. The number of hydrogen-bond acceptors (Lipinski definition) is 2. The van der Waals surface area contributed by atoms with Crippen LogP contribution in [0, 0.1) is 13.8 Å². The number of rotatable bonds is 5. The highest BCUT2D eigenvalue weighted by molar-refractivity contribution is 9.10. The lowest BCUT2D eigenvalue weighted by atomic mass is 10.1. The summed E-state index contributed by atoms with van der Waals surface area (Å²) in [5, 5.41) is 4.51. The lowest BCUT2D eigenvalue weighted by Gasteiger charge is -2.17. The van der Waals surface area contributed by atoms with Crippen LogP contribution in [0.4, 0.5) is 0 Å². The van der Waals surface area contributed by atoms with E-state index in [0.29, 0.717) is 13.0 Å². The van der Waals surface area contributed by atoms with E-state index in [2.05, 4.69) is 34.9 Å². The summed E-state index contributed by atoms with van der Waals surface area (Å²) in [6.07, 6.45) is 0.420. The van der Waals surface area contributed by atoms with Gasteiger partial charge in [-0.25, -0.2) is 0 Å². The second-order valence-corrected chi connectivity index (χ2v) is 6.43. The van der Waals surface area contributed by atoms with Crippen LogP contribution < -0.4 is 0 Å². The van der Waals surface area contributed by atoms with Crippen molar-refractivity contribution in [1.29, 1.82) is 0 Å². The third-order valence-electron chi connectivity index (χ3n) is 3.92. The predicted molar refractivity (Wildman–Crippen MR) is 91.7 cm³/mol. The van der Waals surface area contributed by atoms with Crippen molar-refractivity contribution in [2.45, 2.75) is 40.3 Å². The van der Waals surface area contributed by atoms with Crippen molar-refractivity contribution in [3.05, 3.63) is 51.3 Å². The second-order valence-electron chi connectivity index (χ2n) is 5.52. The van der Waals surface area contributed by atoms with Crippen molar-refractivity contribution in [3.8, 4) is 0 Å². The third-order valence-corrected chi connectivity index (χ3v) is 4.45. The molecule has 0 aliphatic heterocycles. The number of benzene rings is 1. The Hall–Kier alpha value is -1.62. The molecule has 4 nitrogen and oxygen atoms in total. The molecule has 0 unspecified atom stereocenters. The van der Waals surface area contributed by atoms with E-state index in [0.717, 1.165) is 33.5 Å². The molecule has 1 aromatic carbocycles. The van der Waals surface area contributed by atoms with Gasteiger partial charge in [-0.3, -0.25) is 9.48 Å². The molecule has 0 radical (unpaired) electrons. The molecule has 0 N–H and O–H groups in total. The summed E-state index contributed by atoms with van der Waals surface area (Å²) >= 11 is 3.41. The maximum atomic E-state index is 12.4. The first-order chi connectivity index (χ1) is 10.4. The van der Waals surface area contributed by atoms with Gasteiger partial charge in [-0.15, -0.1) is 0 Å². The van der Waals surface area contributed by atoms with Gasteiger partial charge in [-0.05, 0) is 38.5 Å². The molecular formula is C17H22BrN3O. The van der Waals surface area contributed by atoms with Crippen LogP contribution in [0.2, 0.25) is 0 Å². The van der Waals surface area contributed by atoms with Crippen LogP contribution in [0.15, 0.2) is 28.7 Å². The van der Waals surface area contributed by atoms with Crippen LogP contribution in [0.5, 0.6) is 0 Å². The van der Waals surface area contributed by atoms with Gasteiger partial charge >= 0.3 is 0 Å². The number of halogens is 1. The van der Waals surface area contributed by atoms with E-state index >= 15 is 0 Å². The summed E-state index contributed by atoms with van der Waals surface area (Å²) < 4.78 is 3.01. The topological polar surface area (TPSA) is 38.1 Å². The molecule has 118 valence electrons. The van der Waals surface area contributed by atoms with Gasteiger partial charge in [0.05, 0.1) is 12.1 Å². The van der Waals surface area contributed by atoms with E-state index < -0.39 is 0 Å². The summed E-state index contributed by atoms with van der Waals surface area (Å²) in [5.74, 6) is 0.116. The highest BCUT2D eigenvalue weighted by Crippen LogP contribution is 2.16. The Morgan fingerprint density at radius 1 is 1.27 bits per heavy atom. The monoisotopic (exact) mass is 363 g/mol. The molecule has 0 fully saturated rings. The summed E-state index contributed by atoms with van der Waals surface area (Å²) in [4.78, 5) is 14.2. The zero-order chi connectivity index (χ0) is 16.3. The lowest BCUT2D eigenvalue weighted by molar-refractivity contribution is -0.129. The van der Waals surface area contributed by atoms with Crippen LogP contribution >= 0.6 is 15.9 Å². The Morgan fingerprint density at radius 3 is 2.45 bits per heavy atom. The summed E-state index contributed by atoms with van der Waals surface area (Å²) in [5.41, 5.74) is 4.32. The first-order valence-corrected chi connectivity index (χ1v) is 8.23. The smallest absolute Gasteiger partial charge is 0.227 e. The van der Waals surface area contributed by atoms with Crippen molar-refractivity contribution in [1.82, 2.24) is 14.7 Å². The molecule has 0 atom stereocenters. The van der Waals surface area contributed by atoms with E-state index in [1.807, 2.05) is 42.9 Å². The number of carbonyl (C=O) groups is 1. The number of hydrogen-bond donors (Lipinski definition) is 0. The Labute approximate surface area is 140 Å².